The van der Waals surface area contributed by atoms with Gasteiger partial charge in [0.2, 0.25) is 10.0 Å². The molecule has 0 radical (unpaired) electrons. The maximum absolute atomic E-state index is 15.3. The van der Waals surface area contributed by atoms with Crippen LogP contribution in [0.15, 0.2) is 48.5 Å². The normalized spacial score (nSPS) is 23.8. The van der Waals surface area contributed by atoms with Gasteiger partial charge >= 0.3 is 5.92 Å². The summed E-state index contributed by atoms with van der Waals surface area (Å²) in [7, 11) is -3.54. The third-order valence-electron chi connectivity index (χ3n) is 5.39. The Kier molecular flexibility index (Phi) is 4.50. The molecule has 2 heterocycles. The van der Waals surface area contributed by atoms with Gasteiger partial charge in [-0.15, -0.1) is 0 Å². The molecule has 2 unspecified atom stereocenters. The van der Waals surface area contributed by atoms with Gasteiger partial charge in [0.05, 0.1) is 12.3 Å². The van der Waals surface area contributed by atoms with Gasteiger partial charge in [0, 0.05) is 18.2 Å². The zero-order valence-corrected chi connectivity index (χ0v) is 16.0. The molecule has 5 nitrogen and oxygen atoms in total. The number of hydrogen-bond acceptors (Lipinski definition) is 3. The van der Waals surface area contributed by atoms with E-state index in [2.05, 4.69) is 4.72 Å². The molecule has 1 N–H and O–H groups in total. The van der Waals surface area contributed by atoms with E-state index in [1.807, 2.05) is 12.1 Å². The topological polar surface area (TPSA) is 66.5 Å². The number of nitrogens with zero attached hydrogens (tertiary/aromatic N) is 1. The molecule has 1 saturated heterocycles. The molecule has 0 aliphatic carbocycles. The number of benzene rings is 2. The summed E-state index contributed by atoms with van der Waals surface area (Å²) in [4.78, 5) is 14.0. The van der Waals surface area contributed by atoms with Gasteiger partial charge in [-0.05, 0) is 29.5 Å². The van der Waals surface area contributed by atoms with Crippen molar-refractivity contribution in [2.24, 2.45) is 0 Å². The quantitative estimate of drug-likeness (QED) is 0.834. The Bertz CT molecular complexity index is 1040. The molecular weight excluding hydrogens is 386 g/mol. The Morgan fingerprint density at radius 3 is 2.64 bits per heavy atom. The first-order valence-electron chi connectivity index (χ1n) is 9.02. The van der Waals surface area contributed by atoms with Crippen molar-refractivity contribution in [2.45, 2.75) is 30.8 Å². The van der Waals surface area contributed by atoms with Crippen LogP contribution in [0.25, 0.3) is 11.1 Å². The van der Waals surface area contributed by atoms with E-state index < -0.39 is 33.9 Å². The molecule has 2 aliphatic heterocycles. The molecule has 4 rings (SSSR count). The van der Waals surface area contributed by atoms with Crippen LogP contribution in [0.3, 0.4) is 0 Å². The van der Waals surface area contributed by atoms with Crippen molar-refractivity contribution in [1.29, 1.82) is 0 Å². The first-order chi connectivity index (χ1) is 13.2. The summed E-state index contributed by atoms with van der Waals surface area (Å²) in [5, 5.41) is 0. The molecule has 1 fully saturated rings. The molecular formula is C20H20F2N2O3S. The predicted octanol–water partition coefficient (Wildman–Crippen LogP) is 2.52. The van der Waals surface area contributed by atoms with Gasteiger partial charge < -0.3 is 4.90 Å². The Balaban J connectivity index is 1.87. The average Bonchev–Trinajstić information content (AvgIpc) is 3.01. The van der Waals surface area contributed by atoms with Crippen molar-refractivity contribution in [3.05, 3.63) is 59.7 Å². The summed E-state index contributed by atoms with van der Waals surface area (Å²) in [6.07, 6.45) is 1.62. The summed E-state index contributed by atoms with van der Waals surface area (Å²) < 4.78 is 56.5. The van der Waals surface area contributed by atoms with Gasteiger partial charge in [0.25, 0.3) is 5.91 Å². The van der Waals surface area contributed by atoms with Crippen LogP contribution in [0.4, 0.5) is 8.78 Å². The second kappa shape index (κ2) is 6.63. The molecule has 1 amide bonds. The highest BCUT2D eigenvalue weighted by Crippen LogP contribution is 2.40. The highest BCUT2D eigenvalue weighted by Gasteiger charge is 2.50. The standard InChI is InChI=1S/C20H20F2N2O3S/c1-28(26,27)23-17-9-10-24-18(17)12-13-5-4-6-14(11-13)15-7-2-3-8-16(15)20(21,22)19(24)25/h2-8,11,17-18,23H,9-10,12H2,1H3. The molecule has 2 aromatic carbocycles. The van der Waals surface area contributed by atoms with E-state index in [0.29, 0.717) is 24.0 Å². The third-order valence-corrected chi connectivity index (χ3v) is 6.12. The van der Waals surface area contributed by atoms with Gasteiger partial charge in [0.15, 0.2) is 0 Å². The SMILES string of the molecule is CS(=O)(=O)NC1CCN2C(=O)C(F)(F)c3ccccc3-c3cccc(c3)CC12. The Labute approximate surface area is 162 Å². The number of nitrogens with one attached hydrogen (secondary N) is 1. The Morgan fingerprint density at radius 1 is 1.14 bits per heavy atom. The summed E-state index contributed by atoms with van der Waals surface area (Å²) in [6.45, 7) is 0.0775. The van der Waals surface area contributed by atoms with E-state index in [0.717, 1.165) is 16.7 Å². The highest BCUT2D eigenvalue weighted by molar-refractivity contribution is 7.88. The van der Waals surface area contributed by atoms with E-state index in [1.165, 1.54) is 12.1 Å². The van der Waals surface area contributed by atoms with E-state index in [1.54, 1.807) is 24.3 Å². The van der Waals surface area contributed by atoms with Crippen molar-refractivity contribution < 1.29 is 22.0 Å². The lowest BCUT2D eigenvalue weighted by atomic mass is 9.90. The first-order valence-corrected chi connectivity index (χ1v) is 10.9. The van der Waals surface area contributed by atoms with Gasteiger partial charge in [-0.2, -0.15) is 8.78 Å². The van der Waals surface area contributed by atoms with Crippen LogP contribution in [0, 0.1) is 0 Å². The van der Waals surface area contributed by atoms with Gasteiger partial charge in [0.1, 0.15) is 0 Å². The second-order valence-electron chi connectivity index (χ2n) is 7.38. The smallest absolute Gasteiger partial charge is 0.332 e. The molecule has 2 aromatic rings. The number of sulfonamides is 1. The Morgan fingerprint density at radius 2 is 1.89 bits per heavy atom. The fourth-order valence-electron chi connectivity index (χ4n) is 4.18. The predicted molar refractivity (Wildman–Crippen MR) is 101 cm³/mol. The van der Waals surface area contributed by atoms with Crippen molar-refractivity contribution in [2.75, 3.05) is 12.8 Å². The molecule has 2 atom stereocenters. The number of halogens is 2. The van der Waals surface area contributed by atoms with Crippen LogP contribution in [-0.4, -0.2) is 44.1 Å². The molecule has 148 valence electrons. The number of alkyl halides is 2. The van der Waals surface area contributed by atoms with E-state index in [-0.39, 0.29) is 12.1 Å². The number of rotatable bonds is 2. The lowest BCUT2D eigenvalue weighted by Crippen LogP contribution is -2.51. The van der Waals surface area contributed by atoms with E-state index in [9.17, 15) is 13.2 Å². The minimum absolute atomic E-state index is 0.0775. The number of fused-ring (bicyclic) bond motifs is 5. The van der Waals surface area contributed by atoms with Crippen molar-refractivity contribution in [3.8, 4) is 11.1 Å². The van der Waals surface area contributed by atoms with Crippen LogP contribution in [0.5, 0.6) is 0 Å². The lowest BCUT2D eigenvalue weighted by molar-refractivity contribution is -0.160. The van der Waals surface area contributed by atoms with E-state index in [4.69, 9.17) is 0 Å². The maximum atomic E-state index is 15.3. The zero-order valence-electron chi connectivity index (χ0n) is 15.2. The molecule has 0 saturated carbocycles. The molecule has 0 spiro atoms. The third kappa shape index (κ3) is 3.31. The van der Waals surface area contributed by atoms with Gasteiger partial charge in [-0.25, -0.2) is 13.1 Å². The van der Waals surface area contributed by atoms with Crippen LogP contribution < -0.4 is 4.72 Å². The van der Waals surface area contributed by atoms with E-state index >= 15 is 8.78 Å². The number of amides is 1. The van der Waals surface area contributed by atoms with Crippen LogP contribution in [-0.2, 0) is 27.2 Å². The maximum Gasteiger partial charge on any atom is 0.350 e. The van der Waals surface area contributed by atoms with Gasteiger partial charge in [-0.3, -0.25) is 4.79 Å². The van der Waals surface area contributed by atoms with Crippen LogP contribution in [0.2, 0.25) is 0 Å². The number of hydrogen-bond donors (Lipinski definition) is 1. The van der Waals surface area contributed by atoms with Crippen molar-refractivity contribution >= 4 is 15.9 Å². The molecule has 0 aromatic heterocycles. The fraction of sp³-hybridized carbons (Fsp3) is 0.350. The second-order valence-corrected chi connectivity index (χ2v) is 9.16. The summed E-state index contributed by atoms with van der Waals surface area (Å²) in [5.41, 5.74) is 1.46. The van der Waals surface area contributed by atoms with Crippen molar-refractivity contribution in [1.82, 2.24) is 9.62 Å². The summed E-state index contributed by atoms with van der Waals surface area (Å²) in [5.74, 6) is -4.99. The minimum Gasteiger partial charge on any atom is -0.332 e. The molecule has 2 aliphatic rings. The minimum atomic E-state index is -3.71. The first kappa shape index (κ1) is 19.0. The molecule has 28 heavy (non-hydrogen) atoms. The lowest BCUT2D eigenvalue weighted by Gasteiger charge is -2.33. The summed E-state index contributed by atoms with van der Waals surface area (Å²) >= 11 is 0. The van der Waals surface area contributed by atoms with Gasteiger partial charge in [-0.1, -0.05) is 48.5 Å². The Hall–Kier alpha value is -2.32. The highest BCUT2D eigenvalue weighted by atomic mass is 32.2. The monoisotopic (exact) mass is 406 g/mol. The van der Waals surface area contributed by atoms with Crippen LogP contribution >= 0.6 is 0 Å². The fourth-order valence-corrected chi connectivity index (χ4v) is 5.01. The zero-order chi connectivity index (χ0) is 20.1. The largest absolute Gasteiger partial charge is 0.350 e. The molecule has 2 bridgehead atoms. The number of carbonyl (C=O) groups is 1. The van der Waals surface area contributed by atoms with Crippen LogP contribution in [0.1, 0.15) is 17.5 Å². The average molecular weight is 406 g/mol. The summed E-state index contributed by atoms with van der Waals surface area (Å²) in [6, 6.07) is 12.0. The molecule has 8 heteroatoms. The van der Waals surface area contributed by atoms with Crippen molar-refractivity contribution in [3.63, 3.8) is 0 Å². The number of carbonyl (C=O) groups excluding carboxylic acids is 1.